The summed E-state index contributed by atoms with van der Waals surface area (Å²) in [5.74, 6) is 0.842. The molecule has 2 atom stereocenters. The summed E-state index contributed by atoms with van der Waals surface area (Å²) < 4.78 is 5.63. The van der Waals surface area contributed by atoms with Crippen molar-refractivity contribution < 1.29 is 14.1 Å². The van der Waals surface area contributed by atoms with Crippen LogP contribution < -0.4 is 4.90 Å². The Bertz CT molecular complexity index is 810. The molecule has 0 bridgehead atoms. The molecule has 6 heteroatoms. The summed E-state index contributed by atoms with van der Waals surface area (Å²) in [4.78, 5) is 14.7. The lowest BCUT2D eigenvalue weighted by Gasteiger charge is -2.31. The molecule has 0 radical (unpaired) electrons. The summed E-state index contributed by atoms with van der Waals surface area (Å²) in [6.45, 7) is 4.14. The second-order valence-corrected chi connectivity index (χ2v) is 7.85. The Morgan fingerprint density at radius 3 is 2.63 bits per heavy atom. The maximum Gasteiger partial charge on any atom is 0.301 e. The number of likely N-dealkylation sites (tertiary alicyclic amines) is 1. The van der Waals surface area contributed by atoms with Gasteiger partial charge in [0.1, 0.15) is 11.8 Å². The number of benzene rings is 1. The van der Waals surface area contributed by atoms with E-state index in [9.17, 15) is 4.79 Å². The molecule has 1 saturated heterocycles. The van der Waals surface area contributed by atoms with E-state index in [0.29, 0.717) is 11.4 Å². The van der Waals surface area contributed by atoms with Crippen molar-refractivity contribution in [3.05, 3.63) is 59.0 Å². The van der Waals surface area contributed by atoms with Gasteiger partial charge in [0.2, 0.25) is 0 Å². The van der Waals surface area contributed by atoms with Crippen LogP contribution in [0, 0.1) is 0 Å². The predicted molar refractivity (Wildman–Crippen MR) is 105 cm³/mol. The lowest BCUT2D eigenvalue weighted by Crippen LogP contribution is -3.17. The number of rotatable bonds is 4. The number of carbonyl (C=O) groups excluding carboxylic acids is 1. The van der Waals surface area contributed by atoms with Gasteiger partial charge in [-0.2, -0.15) is 5.10 Å². The molecule has 1 aromatic heterocycles. The zero-order valence-electron chi connectivity index (χ0n) is 15.5. The summed E-state index contributed by atoms with van der Waals surface area (Å²) in [7, 11) is 0. The fourth-order valence-electron chi connectivity index (χ4n) is 4.04. The van der Waals surface area contributed by atoms with Crippen molar-refractivity contribution in [3.63, 3.8) is 0 Å². The van der Waals surface area contributed by atoms with Crippen LogP contribution in [0.1, 0.15) is 50.0 Å². The first kappa shape index (κ1) is 18.3. The topological polar surface area (TPSA) is 50.2 Å². The summed E-state index contributed by atoms with van der Waals surface area (Å²) >= 11 is 6.01. The van der Waals surface area contributed by atoms with Gasteiger partial charge in [-0.25, -0.2) is 5.01 Å². The first-order chi connectivity index (χ1) is 13.1. The number of piperidine rings is 1. The van der Waals surface area contributed by atoms with Gasteiger partial charge in [0.05, 0.1) is 25.1 Å². The molecular weight excluding hydrogens is 362 g/mol. The molecule has 4 rings (SSSR count). The molecule has 3 heterocycles. The van der Waals surface area contributed by atoms with Crippen LogP contribution in [0.15, 0.2) is 52.2 Å². The van der Waals surface area contributed by atoms with Crippen LogP contribution >= 0.6 is 11.6 Å². The molecule has 27 heavy (non-hydrogen) atoms. The standard InChI is InChI=1S/C21H24ClN3O2/c1-15(24-11-3-2-4-12-24)21(26)25-19(20-6-5-13-27-20)14-18(23-25)16-7-9-17(22)10-8-16/h5-10,13,15,19H,2-4,11-12,14H2,1H3/p+1/t15-,19-/m0/s1. The number of hydrazone groups is 1. The van der Waals surface area contributed by atoms with E-state index in [0.717, 1.165) is 30.1 Å². The van der Waals surface area contributed by atoms with Crippen molar-refractivity contribution in [2.45, 2.75) is 44.7 Å². The van der Waals surface area contributed by atoms with Crippen molar-refractivity contribution in [1.82, 2.24) is 5.01 Å². The molecule has 1 amide bonds. The minimum Gasteiger partial charge on any atom is -0.467 e. The van der Waals surface area contributed by atoms with E-state index in [-0.39, 0.29) is 18.0 Å². The third kappa shape index (κ3) is 3.80. The number of hydrogen-bond donors (Lipinski definition) is 1. The van der Waals surface area contributed by atoms with E-state index in [1.54, 1.807) is 11.3 Å². The van der Waals surface area contributed by atoms with Gasteiger partial charge >= 0.3 is 5.91 Å². The second-order valence-electron chi connectivity index (χ2n) is 7.41. The highest BCUT2D eigenvalue weighted by atomic mass is 35.5. The molecule has 2 aromatic rings. The number of halogens is 1. The molecule has 1 aromatic carbocycles. The maximum absolute atomic E-state index is 13.3. The highest BCUT2D eigenvalue weighted by molar-refractivity contribution is 6.30. The van der Waals surface area contributed by atoms with E-state index in [4.69, 9.17) is 21.1 Å². The minimum absolute atomic E-state index is 0.0669. The fraction of sp³-hybridized carbons (Fsp3) is 0.429. The van der Waals surface area contributed by atoms with Gasteiger partial charge in [-0.3, -0.25) is 4.79 Å². The Morgan fingerprint density at radius 2 is 1.96 bits per heavy atom. The summed E-state index contributed by atoms with van der Waals surface area (Å²) in [6, 6.07) is 11.1. The maximum atomic E-state index is 13.3. The Hall–Kier alpha value is -2.11. The Balaban J connectivity index is 1.61. The van der Waals surface area contributed by atoms with Gasteiger partial charge in [-0.15, -0.1) is 0 Å². The summed E-state index contributed by atoms with van der Waals surface area (Å²) in [5, 5.41) is 7.06. The van der Waals surface area contributed by atoms with Crippen LogP contribution in [0.4, 0.5) is 0 Å². The number of carbonyl (C=O) groups is 1. The third-order valence-electron chi connectivity index (χ3n) is 5.66. The van der Waals surface area contributed by atoms with Crippen molar-refractivity contribution in [3.8, 4) is 0 Å². The molecule has 142 valence electrons. The fourth-order valence-corrected chi connectivity index (χ4v) is 4.17. The number of nitrogens with zero attached hydrogens (tertiary/aromatic N) is 2. The number of furan rings is 1. The van der Waals surface area contributed by atoms with Crippen molar-refractivity contribution in [1.29, 1.82) is 0 Å². The molecule has 1 fully saturated rings. The molecule has 0 aliphatic carbocycles. The van der Waals surface area contributed by atoms with E-state index < -0.39 is 0 Å². The molecule has 2 aliphatic rings. The third-order valence-corrected chi connectivity index (χ3v) is 5.92. The molecular formula is C21H25ClN3O2+. The van der Waals surface area contributed by atoms with Crippen LogP contribution in [0.25, 0.3) is 0 Å². The average molecular weight is 387 g/mol. The molecule has 1 N–H and O–H groups in total. The van der Waals surface area contributed by atoms with E-state index in [2.05, 4.69) is 0 Å². The van der Waals surface area contributed by atoms with Crippen LogP contribution in [-0.4, -0.2) is 35.8 Å². The van der Waals surface area contributed by atoms with Crippen molar-refractivity contribution in [2.75, 3.05) is 13.1 Å². The number of nitrogens with one attached hydrogen (secondary N) is 1. The summed E-state index contributed by atoms with van der Waals surface area (Å²) in [5.41, 5.74) is 1.88. The quantitative estimate of drug-likeness (QED) is 0.877. The van der Waals surface area contributed by atoms with Crippen LogP contribution in [0.5, 0.6) is 0 Å². The smallest absolute Gasteiger partial charge is 0.301 e. The minimum atomic E-state index is -0.190. The second kappa shape index (κ2) is 7.87. The Kier molecular flexibility index (Phi) is 5.32. The largest absolute Gasteiger partial charge is 0.467 e. The lowest BCUT2D eigenvalue weighted by molar-refractivity contribution is -0.919. The molecule has 0 unspecified atom stereocenters. The van der Waals surface area contributed by atoms with Crippen LogP contribution in [0.2, 0.25) is 5.02 Å². The van der Waals surface area contributed by atoms with Crippen LogP contribution in [0.3, 0.4) is 0 Å². The SMILES string of the molecule is C[C@@H](C(=O)N1N=C(c2ccc(Cl)cc2)C[C@H]1c1ccco1)[NH+]1CCCCC1. The zero-order chi connectivity index (χ0) is 18.8. The number of amides is 1. The molecule has 2 aliphatic heterocycles. The molecule has 5 nitrogen and oxygen atoms in total. The molecule has 0 saturated carbocycles. The van der Waals surface area contributed by atoms with Crippen molar-refractivity contribution >= 4 is 23.2 Å². The van der Waals surface area contributed by atoms with E-state index in [1.165, 1.54) is 24.2 Å². The van der Waals surface area contributed by atoms with Gasteiger partial charge in [-0.05, 0) is 56.0 Å². The average Bonchev–Trinajstić information content (AvgIpc) is 3.38. The highest BCUT2D eigenvalue weighted by Crippen LogP contribution is 2.33. The van der Waals surface area contributed by atoms with Gasteiger partial charge < -0.3 is 9.32 Å². The highest BCUT2D eigenvalue weighted by Gasteiger charge is 2.39. The van der Waals surface area contributed by atoms with Crippen molar-refractivity contribution in [2.24, 2.45) is 5.10 Å². The van der Waals surface area contributed by atoms with E-state index in [1.807, 2.05) is 43.3 Å². The van der Waals surface area contributed by atoms with Gasteiger partial charge in [0, 0.05) is 11.4 Å². The zero-order valence-corrected chi connectivity index (χ0v) is 16.3. The van der Waals surface area contributed by atoms with Gasteiger partial charge in [-0.1, -0.05) is 23.7 Å². The Labute approximate surface area is 164 Å². The van der Waals surface area contributed by atoms with Gasteiger partial charge in [0.25, 0.3) is 0 Å². The number of hydrogen-bond acceptors (Lipinski definition) is 3. The van der Waals surface area contributed by atoms with Crippen LogP contribution in [-0.2, 0) is 4.79 Å². The normalized spacial score (nSPS) is 21.9. The first-order valence-electron chi connectivity index (χ1n) is 9.68. The summed E-state index contributed by atoms with van der Waals surface area (Å²) in [6.07, 6.45) is 5.93. The molecule has 0 spiro atoms. The lowest BCUT2D eigenvalue weighted by atomic mass is 10.0. The Morgan fingerprint density at radius 1 is 1.22 bits per heavy atom. The first-order valence-corrected chi connectivity index (χ1v) is 10.1. The monoisotopic (exact) mass is 386 g/mol. The predicted octanol–water partition coefficient (Wildman–Crippen LogP) is 3.07. The van der Waals surface area contributed by atoms with E-state index >= 15 is 0 Å². The van der Waals surface area contributed by atoms with Gasteiger partial charge in [0.15, 0.2) is 6.04 Å². The number of quaternary nitrogens is 1.